The van der Waals surface area contributed by atoms with Crippen molar-refractivity contribution in [1.82, 2.24) is 10.2 Å². The second-order valence-electron chi connectivity index (χ2n) is 4.93. The first-order valence-corrected chi connectivity index (χ1v) is 6.26. The number of likely N-dealkylation sites (N-methyl/N-ethyl adjacent to an activating group) is 1. The summed E-state index contributed by atoms with van der Waals surface area (Å²) in [5.74, 6) is 0.716. The molecule has 1 atom stereocenters. The summed E-state index contributed by atoms with van der Waals surface area (Å²) >= 11 is 0. The number of rotatable bonds is 2. The van der Waals surface area contributed by atoms with Crippen molar-refractivity contribution in [3.8, 4) is 0 Å². The molecule has 0 aromatic rings. The summed E-state index contributed by atoms with van der Waals surface area (Å²) < 4.78 is 0. The van der Waals surface area contributed by atoms with Crippen molar-refractivity contribution >= 4 is 5.91 Å². The van der Waals surface area contributed by atoms with Gasteiger partial charge < -0.3 is 10.2 Å². The molecular weight excluding hydrogens is 188 g/mol. The zero-order valence-electron chi connectivity index (χ0n) is 9.67. The maximum atomic E-state index is 12.2. The Morgan fingerprint density at radius 3 is 2.53 bits per heavy atom. The lowest BCUT2D eigenvalue weighted by atomic mass is 9.88. The van der Waals surface area contributed by atoms with Gasteiger partial charge >= 0.3 is 0 Å². The van der Waals surface area contributed by atoms with E-state index in [4.69, 9.17) is 0 Å². The Kier molecular flexibility index (Phi) is 3.62. The molecular formula is C12H22N2O. The van der Waals surface area contributed by atoms with Crippen LogP contribution >= 0.6 is 0 Å². The number of nitrogens with zero attached hydrogens (tertiary/aromatic N) is 1. The first kappa shape index (κ1) is 10.9. The average molecular weight is 210 g/mol. The quantitative estimate of drug-likeness (QED) is 0.747. The van der Waals surface area contributed by atoms with Gasteiger partial charge in [0.1, 0.15) is 0 Å². The minimum Gasteiger partial charge on any atom is -0.341 e. The van der Waals surface area contributed by atoms with E-state index >= 15 is 0 Å². The Morgan fingerprint density at radius 2 is 1.93 bits per heavy atom. The number of nitrogens with one attached hydrogen (secondary N) is 1. The van der Waals surface area contributed by atoms with Crippen LogP contribution in [-0.2, 0) is 4.79 Å². The van der Waals surface area contributed by atoms with Gasteiger partial charge in [-0.05, 0) is 25.8 Å². The highest BCUT2D eigenvalue weighted by Gasteiger charge is 2.29. The molecule has 86 valence electrons. The molecule has 2 fully saturated rings. The average Bonchev–Trinajstić information content (AvgIpc) is 2.82. The SMILES string of the molecule is CN(C(=O)C1CCCCC1)[C@H]1CCNC1. The van der Waals surface area contributed by atoms with Crippen molar-refractivity contribution in [2.24, 2.45) is 5.92 Å². The second kappa shape index (κ2) is 4.97. The van der Waals surface area contributed by atoms with Crippen LogP contribution in [0.2, 0.25) is 0 Å². The molecule has 1 saturated carbocycles. The van der Waals surface area contributed by atoms with Gasteiger partial charge in [-0.15, -0.1) is 0 Å². The fourth-order valence-corrected chi connectivity index (χ4v) is 2.79. The third-order valence-electron chi connectivity index (χ3n) is 3.88. The zero-order valence-corrected chi connectivity index (χ0v) is 9.67. The molecule has 0 unspecified atom stereocenters. The summed E-state index contributed by atoms with van der Waals surface area (Å²) in [7, 11) is 1.98. The van der Waals surface area contributed by atoms with Gasteiger partial charge in [0.15, 0.2) is 0 Å². The van der Waals surface area contributed by atoms with Gasteiger partial charge in [-0.1, -0.05) is 19.3 Å². The molecule has 2 rings (SSSR count). The molecule has 0 aromatic carbocycles. The third-order valence-corrected chi connectivity index (χ3v) is 3.88. The first-order valence-electron chi connectivity index (χ1n) is 6.26. The van der Waals surface area contributed by atoms with Gasteiger partial charge in [0, 0.05) is 25.6 Å². The van der Waals surface area contributed by atoms with Crippen LogP contribution in [0.4, 0.5) is 0 Å². The number of hydrogen-bond donors (Lipinski definition) is 1. The van der Waals surface area contributed by atoms with Crippen molar-refractivity contribution in [3.63, 3.8) is 0 Å². The highest BCUT2D eigenvalue weighted by molar-refractivity contribution is 5.79. The van der Waals surface area contributed by atoms with Crippen molar-refractivity contribution in [2.75, 3.05) is 20.1 Å². The maximum absolute atomic E-state index is 12.2. The fourth-order valence-electron chi connectivity index (χ4n) is 2.79. The molecule has 15 heavy (non-hydrogen) atoms. The highest BCUT2D eigenvalue weighted by atomic mass is 16.2. The lowest BCUT2D eigenvalue weighted by Crippen LogP contribution is -2.42. The van der Waals surface area contributed by atoms with E-state index in [1.807, 2.05) is 11.9 Å². The van der Waals surface area contributed by atoms with Crippen LogP contribution in [0.3, 0.4) is 0 Å². The summed E-state index contributed by atoms with van der Waals surface area (Å²) in [5.41, 5.74) is 0. The Hall–Kier alpha value is -0.570. The van der Waals surface area contributed by atoms with Crippen LogP contribution in [0.15, 0.2) is 0 Å². The normalized spacial score (nSPS) is 27.9. The minimum absolute atomic E-state index is 0.323. The predicted octanol–water partition coefficient (Wildman–Crippen LogP) is 1.39. The van der Waals surface area contributed by atoms with Gasteiger partial charge in [-0.3, -0.25) is 4.79 Å². The third kappa shape index (κ3) is 2.51. The molecule has 0 bridgehead atoms. The van der Waals surface area contributed by atoms with Crippen LogP contribution in [-0.4, -0.2) is 37.0 Å². The van der Waals surface area contributed by atoms with E-state index in [1.54, 1.807) is 0 Å². The van der Waals surface area contributed by atoms with Gasteiger partial charge in [0.2, 0.25) is 5.91 Å². The number of carbonyl (C=O) groups excluding carboxylic acids is 1. The van der Waals surface area contributed by atoms with E-state index < -0.39 is 0 Å². The molecule has 1 heterocycles. The van der Waals surface area contributed by atoms with E-state index in [2.05, 4.69) is 5.32 Å². The van der Waals surface area contributed by atoms with Gasteiger partial charge in [-0.2, -0.15) is 0 Å². The highest BCUT2D eigenvalue weighted by Crippen LogP contribution is 2.26. The van der Waals surface area contributed by atoms with Gasteiger partial charge in [0.25, 0.3) is 0 Å². The standard InChI is InChI=1S/C12H22N2O/c1-14(11-7-8-13-9-11)12(15)10-5-3-2-4-6-10/h10-11,13H,2-9H2,1H3/t11-/m0/s1. The molecule has 3 heteroatoms. The van der Waals surface area contributed by atoms with Crippen molar-refractivity contribution in [2.45, 2.75) is 44.6 Å². The Bertz CT molecular complexity index is 218. The number of carbonyl (C=O) groups is 1. The predicted molar refractivity (Wildman–Crippen MR) is 60.6 cm³/mol. The largest absolute Gasteiger partial charge is 0.341 e. The molecule has 3 nitrogen and oxygen atoms in total. The molecule has 1 N–H and O–H groups in total. The topological polar surface area (TPSA) is 32.3 Å². The van der Waals surface area contributed by atoms with Crippen LogP contribution in [0, 0.1) is 5.92 Å². The van der Waals surface area contributed by atoms with Crippen molar-refractivity contribution in [3.05, 3.63) is 0 Å². The summed E-state index contributed by atoms with van der Waals surface area (Å²) in [4.78, 5) is 14.2. The molecule has 2 aliphatic rings. The molecule has 0 radical (unpaired) electrons. The van der Waals surface area contributed by atoms with Crippen molar-refractivity contribution < 1.29 is 4.79 Å². The molecule has 1 saturated heterocycles. The molecule has 1 aliphatic carbocycles. The summed E-state index contributed by atoms with van der Waals surface area (Å²) in [6.45, 7) is 2.04. The molecule has 1 aliphatic heterocycles. The smallest absolute Gasteiger partial charge is 0.225 e. The lowest BCUT2D eigenvalue weighted by Gasteiger charge is -2.30. The van der Waals surface area contributed by atoms with Crippen LogP contribution in [0.1, 0.15) is 38.5 Å². The molecule has 0 spiro atoms. The summed E-state index contributed by atoms with van der Waals surface area (Å²) in [6, 6.07) is 0.444. The fraction of sp³-hybridized carbons (Fsp3) is 0.917. The Morgan fingerprint density at radius 1 is 1.20 bits per heavy atom. The van der Waals surface area contributed by atoms with Gasteiger partial charge in [0.05, 0.1) is 0 Å². The zero-order chi connectivity index (χ0) is 10.7. The first-order chi connectivity index (χ1) is 7.29. The molecule has 0 aromatic heterocycles. The Labute approximate surface area is 92.2 Å². The van der Waals surface area contributed by atoms with Crippen LogP contribution < -0.4 is 5.32 Å². The van der Waals surface area contributed by atoms with E-state index in [0.29, 0.717) is 17.9 Å². The van der Waals surface area contributed by atoms with Crippen LogP contribution in [0.25, 0.3) is 0 Å². The van der Waals surface area contributed by atoms with E-state index in [0.717, 1.165) is 32.4 Å². The summed E-state index contributed by atoms with van der Waals surface area (Å²) in [6.07, 6.45) is 7.15. The van der Waals surface area contributed by atoms with Gasteiger partial charge in [-0.25, -0.2) is 0 Å². The second-order valence-corrected chi connectivity index (χ2v) is 4.93. The number of hydrogen-bond acceptors (Lipinski definition) is 2. The maximum Gasteiger partial charge on any atom is 0.225 e. The van der Waals surface area contributed by atoms with Crippen molar-refractivity contribution in [1.29, 1.82) is 0 Å². The monoisotopic (exact) mass is 210 g/mol. The number of amides is 1. The van der Waals surface area contributed by atoms with E-state index in [1.165, 1.54) is 19.3 Å². The Balaban J connectivity index is 1.87. The molecule has 1 amide bonds. The minimum atomic E-state index is 0.323. The lowest BCUT2D eigenvalue weighted by molar-refractivity contribution is -0.137. The van der Waals surface area contributed by atoms with E-state index in [9.17, 15) is 4.79 Å². The van der Waals surface area contributed by atoms with Crippen LogP contribution in [0.5, 0.6) is 0 Å². The summed E-state index contributed by atoms with van der Waals surface area (Å²) in [5, 5.41) is 3.32. The van der Waals surface area contributed by atoms with E-state index in [-0.39, 0.29) is 0 Å².